The molecule has 2 rings (SSSR count). The largest absolute Gasteiger partial charge is 0.497 e. The molecule has 0 bridgehead atoms. The second-order valence-corrected chi connectivity index (χ2v) is 4.84. The minimum atomic E-state index is -1.51. The van der Waals surface area contributed by atoms with E-state index in [0.717, 1.165) is 0 Å². The van der Waals surface area contributed by atoms with Crippen LogP contribution in [0.4, 0.5) is 0 Å². The molecule has 1 heterocycles. The van der Waals surface area contributed by atoms with Gasteiger partial charge in [0.2, 0.25) is 11.4 Å². The van der Waals surface area contributed by atoms with Crippen molar-refractivity contribution >= 4 is 17.5 Å². The van der Waals surface area contributed by atoms with Crippen LogP contribution < -0.4 is 4.74 Å². The average Bonchev–Trinajstić information content (AvgIpc) is 2.91. The number of hydrogen-bond donors (Lipinski definition) is 0. The van der Waals surface area contributed by atoms with Gasteiger partial charge in [-0.05, 0) is 24.3 Å². The van der Waals surface area contributed by atoms with E-state index in [9.17, 15) is 9.59 Å². The summed E-state index contributed by atoms with van der Waals surface area (Å²) in [5, 5.41) is 5.63. The van der Waals surface area contributed by atoms with E-state index in [-0.39, 0.29) is 18.0 Å². The molecule has 0 N–H and O–H groups in total. The number of carbonyl (C=O) groups is 2. The lowest BCUT2D eigenvalue weighted by molar-refractivity contribution is -0.157. The normalized spacial score (nSPS) is 20.5. The molecule has 0 aromatic heterocycles. The molecule has 1 aromatic carbocycles. The maximum Gasteiger partial charge on any atom is 0.346 e. The molecule has 118 valence electrons. The van der Waals surface area contributed by atoms with E-state index in [0.29, 0.717) is 11.3 Å². The van der Waals surface area contributed by atoms with Crippen LogP contribution in [0, 0.1) is 0 Å². The molecule has 0 radical (unpaired) electrons. The molecule has 0 spiro atoms. The summed E-state index contributed by atoms with van der Waals surface area (Å²) in [6.07, 6.45) is 0. The van der Waals surface area contributed by atoms with Gasteiger partial charge in [-0.1, -0.05) is 0 Å². The number of likely N-dealkylation sites (N-methyl/N-ethyl adjacent to an activating group) is 1. The second-order valence-electron chi connectivity index (χ2n) is 4.84. The van der Waals surface area contributed by atoms with Gasteiger partial charge in [0, 0.05) is 19.7 Å². The first-order chi connectivity index (χ1) is 10.5. The Morgan fingerprint density at radius 2 is 1.82 bits per heavy atom. The van der Waals surface area contributed by atoms with Crippen LogP contribution in [0.5, 0.6) is 5.75 Å². The van der Waals surface area contributed by atoms with Gasteiger partial charge in [0.05, 0.1) is 20.8 Å². The van der Waals surface area contributed by atoms with Crippen LogP contribution in [0.1, 0.15) is 10.4 Å². The quantitative estimate of drug-likeness (QED) is 0.590. The first-order valence-corrected chi connectivity index (χ1v) is 6.61. The summed E-state index contributed by atoms with van der Waals surface area (Å²) >= 11 is 0. The number of nitrogens with zero attached hydrogens (tertiary/aromatic N) is 2. The maximum absolute atomic E-state index is 12.7. The average molecular weight is 306 g/mol. The van der Waals surface area contributed by atoms with Crippen molar-refractivity contribution in [3.63, 3.8) is 0 Å². The number of esters is 1. The van der Waals surface area contributed by atoms with Gasteiger partial charge >= 0.3 is 5.97 Å². The van der Waals surface area contributed by atoms with Crippen LogP contribution >= 0.6 is 0 Å². The number of benzene rings is 1. The smallest absolute Gasteiger partial charge is 0.346 e. The van der Waals surface area contributed by atoms with Crippen molar-refractivity contribution in [2.24, 2.45) is 5.10 Å². The summed E-state index contributed by atoms with van der Waals surface area (Å²) in [5.74, 6) is -0.410. The number of rotatable bonds is 5. The molecular formula is C15H18N2O5. The van der Waals surface area contributed by atoms with E-state index in [4.69, 9.17) is 14.2 Å². The number of methoxy groups -OCH3 is 3. The van der Waals surface area contributed by atoms with Crippen molar-refractivity contribution in [1.29, 1.82) is 0 Å². The molecule has 7 nitrogen and oxygen atoms in total. The van der Waals surface area contributed by atoms with Crippen LogP contribution in [-0.2, 0) is 14.3 Å². The number of hydrazone groups is 1. The third-order valence-corrected chi connectivity index (χ3v) is 3.54. The number of Topliss-reactive ketones (excluding diaryl/α,β-unsaturated/α-hetero) is 1. The number of ketones is 1. The predicted octanol–water partition coefficient (Wildman–Crippen LogP) is 0.737. The Morgan fingerprint density at radius 3 is 2.32 bits per heavy atom. The summed E-state index contributed by atoms with van der Waals surface area (Å²) < 4.78 is 15.2. The zero-order valence-electron chi connectivity index (χ0n) is 13.0. The molecule has 1 atom stereocenters. The maximum atomic E-state index is 12.7. The monoisotopic (exact) mass is 306 g/mol. The molecule has 1 aromatic rings. The molecule has 1 aliphatic heterocycles. The van der Waals surface area contributed by atoms with Gasteiger partial charge in [0.15, 0.2) is 5.71 Å². The van der Waals surface area contributed by atoms with Crippen LogP contribution in [-0.4, -0.2) is 63.0 Å². The molecule has 7 heteroatoms. The highest BCUT2D eigenvalue weighted by Crippen LogP contribution is 2.26. The molecule has 0 aliphatic carbocycles. The third-order valence-electron chi connectivity index (χ3n) is 3.54. The highest BCUT2D eigenvalue weighted by molar-refractivity contribution is 6.52. The molecule has 0 saturated heterocycles. The van der Waals surface area contributed by atoms with Gasteiger partial charge in [0.25, 0.3) is 0 Å². The lowest BCUT2D eigenvalue weighted by Gasteiger charge is -2.25. The van der Waals surface area contributed by atoms with Gasteiger partial charge in [-0.3, -0.25) is 9.80 Å². The Kier molecular flexibility index (Phi) is 4.46. The fourth-order valence-electron chi connectivity index (χ4n) is 2.36. The van der Waals surface area contributed by atoms with Gasteiger partial charge in [-0.2, -0.15) is 5.10 Å². The highest BCUT2D eigenvalue weighted by atomic mass is 16.6. The zero-order valence-corrected chi connectivity index (χ0v) is 13.0. The van der Waals surface area contributed by atoms with Crippen molar-refractivity contribution in [3.8, 4) is 5.75 Å². The van der Waals surface area contributed by atoms with E-state index >= 15 is 0 Å². The Labute approximate surface area is 128 Å². The molecule has 0 amide bonds. The van der Waals surface area contributed by atoms with E-state index in [1.165, 1.54) is 19.2 Å². The fourth-order valence-corrected chi connectivity index (χ4v) is 2.36. The van der Waals surface area contributed by atoms with Crippen molar-refractivity contribution in [2.75, 3.05) is 34.9 Å². The highest BCUT2D eigenvalue weighted by Gasteiger charge is 2.53. The second kappa shape index (κ2) is 6.15. The first kappa shape index (κ1) is 16.0. The lowest BCUT2D eigenvalue weighted by Crippen LogP contribution is -2.53. The van der Waals surface area contributed by atoms with E-state index < -0.39 is 11.6 Å². The molecule has 1 aliphatic rings. The molecular weight excluding hydrogens is 288 g/mol. The minimum absolute atomic E-state index is 0.00881. The fraction of sp³-hybridized carbons (Fsp3) is 0.400. The summed E-state index contributed by atoms with van der Waals surface area (Å²) in [4.78, 5) is 24.8. The topological polar surface area (TPSA) is 77.4 Å². The van der Waals surface area contributed by atoms with Crippen LogP contribution in [0.2, 0.25) is 0 Å². The van der Waals surface area contributed by atoms with Crippen LogP contribution in [0.25, 0.3) is 0 Å². The Hall–Kier alpha value is -2.41. The van der Waals surface area contributed by atoms with Crippen molar-refractivity contribution in [1.82, 2.24) is 5.01 Å². The molecule has 0 saturated carbocycles. The number of hydrogen-bond acceptors (Lipinski definition) is 7. The minimum Gasteiger partial charge on any atom is -0.497 e. The van der Waals surface area contributed by atoms with E-state index in [2.05, 4.69) is 5.10 Å². The standard InChI is InChI=1S/C15H18N2O5/c1-17-9-15(22-4,14(19)21-3)13(16-17)12(18)10-5-7-11(20-2)8-6-10/h5-8H,9H2,1-4H3. The zero-order chi connectivity index (χ0) is 16.3. The van der Waals surface area contributed by atoms with Crippen LogP contribution in [0.3, 0.4) is 0 Å². The molecule has 0 fully saturated rings. The van der Waals surface area contributed by atoms with Gasteiger partial charge < -0.3 is 14.2 Å². The Morgan fingerprint density at radius 1 is 1.18 bits per heavy atom. The van der Waals surface area contributed by atoms with Gasteiger partial charge in [0.1, 0.15) is 5.75 Å². The summed E-state index contributed by atoms with van der Waals surface area (Å²) in [6, 6.07) is 6.55. The van der Waals surface area contributed by atoms with Crippen molar-refractivity contribution < 1.29 is 23.8 Å². The third kappa shape index (κ3) is 2.55. The number of ether oxygens (including phenoxy) is 3. The predicted molar refractivity (Wildman–Crippen MR) is 79.1 cm³/mol. The van der Waals surface area contributed by atoms with Crippen molar-refractivity contribution in [2.45, 2.75) is 5.60 Å². The summed E-state index contributed by atoms with van der Waals surface area (Å²) in [6.45, 7) is 0.118. The van der Waals surface area contributed by atoms with Crippen molar-refractivity contribution in [3.05, 3.63) is 29.8 Å². The lowest BCUT2D eigenvalue weighted by atomic mass is 9.92. The summed E-state index contributed by atoms with van der Waals surface area (Å²) in [5.41, 5.74) is -1.12. The van der Waals surface area contributed by atoms with E-state index in [1.807, 2.05) is 0 Å². The Bertz CT molecular complexity index is 611. The van der Waals surface area contributed by atoms with Gasteiger partial charge in [-0.25, -0.2) is 4.79 Å². The van der Waals surface area contributed by atoms with E-state index in [1.54, 1.807) is 38.4 Å². The summed E-state index contributed by atoms with van der Waals surface area (Å²) in [7, 11) is 5.80. The molecule has 22 heavy (non-hydrogen) atoms. The SMILES string of the molecule is COC(=O)C1(OC)CN(C)N=C1C(=O)c1ccc(OC)cc1. The van der Waals surface area contributed by atoms with Gasteiger partial charge in [-0.15, -0.1) is 0 Å². The van der Waals surface area contributed by atoms with Crippen LogP contribution in [0.15, 0.2) is 29.4 Å². The number of carbonyl (C=O) groups excluding carboxylic acids is 2. The molecule has 1 unspecified atom stereocenters. The first-order valence-electron chi connectivity index (χ1n) is 6.61. The Balaban J connectivity index is 2.40.